The number of hydrogen-bond donors (Lipinski definition) is 3. The van der Waals surface area contributed by atoms with E-state index in [1.165, 1.54) is 28.0 Å². The monoisotopic (exact) mass is 421 g/mol. The Kier molecular flexibility index (Phi) is 5.11. The molecule has 28 heavy (non-hydrogen) atoms. The van der Waals surface area contributed by atoms with Gasteiger partial charge in [0.1, 0.15) is 5.70 Å². The number of thiazole rings is 1. The van der Waals surface area contributed by atoms with Crippen LogP contribution in [-0.4, -0.2) is 56.7 Å². The van der Waals surface area contributed by atoms with Gasteiger partial charge in [-0.15, -0.1) is 11.3 Å². The second-order valence-electron chi connectivity index (χ2n) is 7.62. The van der Waals surface area contributed by atoms with Gasteiger partial charge in [-0.05, 0) is 25.8 Å². The van der Waals surface area contributed by atoms with Crippen molar-refractivity contribution in [1.82, 2.24) is 15.2 Å². The number of rotatable bonds is 5. The zero-order valence-electron chi connectivity index (χ0n) is 15.9. The Morgan fingerprint density at radius 1 is 1.46 bits per heavy atom. The molecule has 0 aliphatic carbocycles. The van der Waals surface area contributed by atoms with Crippen molar-refractivity contribution in [3.8, 4) is 0 Å². The number of carbonyl (C=O) groups excluding carboxylic acids is 1. The summed E-state index contributed by atoms with van der Waals surface area (Å²) in [6.07, 6.45) is 2.36. The van der Waals surface area contributed by atoms with Crippen molar-refractivity contribution >= 4 is 40.5 Å². The van der Waals surface area contributed by atoms with Crippen molar-refractivity contribution in [3.63, 3.8) is 0 Å². The maximum absolute atomic E-state index is 12.4. The van der Waals surface area contributed by atoms with Gasteiger partial charge in [0.05, 0.1) is 23.8 Å². The van der Waals surface area contributed by atoms with Crippen LogP contribution < -0.4 is 5.32 Å². The molecule has 0 spiro atoms. The topological polar surface area (TPSA) is 103 Å². The number of aliphatic carboxylic acids is 1. The fraction of sp³-hybridized carbons (Fsp3) is 0.526. The Hall–Kier alpha value is -1.68. The Bertz CT molecular complexity index is 891. The standard InChI is InChI=1S/C19H23N3O4S2/c1-8-4-5-11(6-20-8)12-7-27-19(21-12)28-16-9(2)14-13(10(3)23)17(24)22(14)15(16)18(25)26/h5,7-10,13-14,20,23H,4,6H2,1-3H3,(H,25,26). The summed E-state index contributed by atoms with van der Waals surface area (Å²) in [6.45, 7) is 6.41. The number of carbonyl (C=O) groups is 2. The van der Waals surface area contributed by atoms with Crippen molar-refractivity contribution in [2.45, 2.75) is 49.7 Å². The van der Waals surface area contributed by atoms with E-state index >= 15 is 0 Å². The number of aliphatic hydroxyl groups is 1. The van der Waals surface area contributed by atoms with E-state index in [-0.39, 0.29) is 23.6 Å². The van der Waals surface area contributed by atoms with Gasteiger partial charge >= 0.3 is 5.97 Å². The summed E-state index contributed by atoms with van der Waals surface area (Å²) in [5.74, 6) is -2.13. The Morgan fingerprint density at radius 3 is 2.82 bits per heavy atom. The minimum absolute atomic E-state index is 0.0357. The van der Waals surface area contributed by atoms with Crippen LogP contribution in [-0.2, 0) is 9.59 Å². The van der Waals surface area contributed by atoms with E-state index in [2.05, 4.69) is 23.3 Å². The molecular formula is C19H23N3O4S2. The van der Waals surface area contributed by atoms with Gasteiger partial charge in [0.15, 0.2) is 4.34 Å². The second kappa shape index (κ2) is 7.29. The van der Waals surface area contributed by atoms with Crippen LogP contribution in [0.5, 0.6) is 0 Å². The fourth-order valence-corrected chi connectivity index (χ4v) is 6.27. The molecule has 1 amide bonds. The van der Waals surface area contributed by atoms with Gasteiger partial charge in [-0.3, -0.25) is 4.79 Å². The van der Waals surface area contributed by atoms with Gasteiger partial charge in [0, 0.05) is 28.8 Å². The smallest absolute Gasteiger partial charge is 0.353 e. The van der Waals surface area contributed by atoms with Gasteiger partial charge < -0.3 is 20.4 Å². The van der Waals surface area contributed by atoms with Crippen LogP contribution in [0, 0.1) is 11.8 Å². The predicted octanol–water partition coefficient (Wildman–Crippen LogP) is 2.15. The summed E-state index contributed by atoms with van der Waals surface area (Å²) in [5.41, 5.74) is 2.10. The molecule has 4 heterocycles. The number of nitrogens with zero attached hydrogens (tertiary/aromatic N) is 2. The summed E-state index contributed by atoms with van der Waals surface area (Å²) in [5, 5.41) is 25.1. The molecule has 3 aliphatic heterocycles. The largest absolute Gasteiger partial charge is 0.477 e. The lowest BCUT2D eigenvalue weighted by atomic mass is 9.79. The third-order valence-electron chi connectivity index (χ3n) is 5.68. The number of aliphatic hydroxyl groups excluding tert-OH is 1. The third kappa shape index (κ3) is 3.10. The lowest BCUT2D eigenvalue weighted by molar-refractivity contribution is -0.163. The quantitative estimate of drug-likeness (QED) is 0.626. The number of carboxylic acids is 1. The first-order chi connectivity index (χ1) is 13.3. The Balaban J connectivity index is 1.59. The molecule has 0 radical (unpaired) electrons. The highest BCUT2D eigenvalue weighted by Gasteiger charge is 2.60. The lowest BCUT2D eigenvalue weighted by Crippen LogP contribution is -2.63. The molecule has 1 aromatic heterocycles. The van der Waals surface area contributed by atoms with Gasteiger partial charge in [-0.25, -0.2) is 9.78 Å². The van der Waals surface area contributed by atoms with Crippen LogP contribution in [0.25, 0.3) is 5.57 Å². The highest BCUT2D eigenvalue weighted by molar-refractivity contribution is 8.04. The molecule has 4 rings (SSSR count). The van der Waals surface area contributed by atoms with Crippen LogP contribution in [0.4, 0.5) is 0 Å². The van der Waals surface area contributed by atoms with Gasteiger partial charge in [-0.2, -0.15) is 0 Å². The molecule has 150 valence electrons. The minimum Gasteiger partial charge on any atom is -0.477 e. The van der Waals surface area contributed by atoms with Crippen molar-refractivity contribution < 1.29 is 19.8 Å². The molecular weight excluding hydrogens is 398 g/mol. The van der Waals surface area contributed by atoms with Crippen LogP contribution in [0.2, 0.25) is 0 Å². The van der Waals surface area contributed by atoms with Crippen molar-refractivity contribution in [2.75, 3.05) is 6.54 Å². The molecule has 5 atom stereocenters. The molecule has 1 saturated heterocycles. The minimum atomic E-state index is -1.11. The van der Waals surface area contributed by atoms with Crippen LogP contribution in [0.3, 0.4) is 0 Å². The van der Waals surface area contributed by atoms with Crippen molar-refractivity contribution in [1.29, 1.82) is 0 Å². The van der Waals surface area contributed by atoms with E-state index in [1.807, 2.05) is 12.3 Å². The van der Waals surface area contributed by atoms with E-state index in [9.17, 15) is 19.8 Å². The van der Waals surface area contributed by atoms with Crippen LogP contribution in [0.15, 0.2) is 26.4 Å². The molecule has 0 bridgehead atoms. The maximum atomic E-state index is 12.4. The average Bonchev–Trinajstić information content (AvgIpc) is 3.18. The van der Waals surface area contributed by atoms with Crippen LogP contribution >= 0.6 is 23.1 Å². The zero-order chi connectivity index (χ0) is 20.2. The number of amides is 1. The normalized spacial score (nSPS) is 30.8. The molecule has 1 fully saturated rings. The third-order valence-corrected chi connectivity index (χ3v) is 7.90. The van der Waals surface area contributed by atoms with E-state index in [0.29, 0.717) is 10.9 Å². The summed E-state index contributed by atoms with van der Waals surface area (Å²) in [6, 6.07) is 0.162. The summed E-state index contributed by atoms with van der Waals surface area (Å²) in [4.78, 5) is 31.0. The number of thioether (sulfide) groups is 1. The fourth-order valence-electron chi connectivity index (χ4n) is 4.16. The number of nitrogens with one attached hydrogen (secondary N) is 1. The number of β-lactam (4-membered cyclic amide) rings is 1. The van der Waals surface area contributed by atoms with E-state index < -0.39 is 18.0 Å². The Labute approximate surface area is 171 Å². The summed E-state index contributed by atoms with van der Waals surface area (Å²) in [7, 11) is 0. The van der Waals surface area contributed by atoms with Gasteiger partial charge in [0.2, 0.25) is 5.91 Å². The second-order valence-corrected chi connectivity index (χ2v) is 9.77. The highest BCUT2D eigenvalue weighted by atomic mass is 32.2. The maximum Gasteiger partial charge on any atom is 0.353 e. The molecule has 9 heteroatoms. The van der Waals surface area contributed by atoms with Gasteiger partial charge in [0.25, 0.3) is 0 Å². The molecule has 0 saturated carbocycles. The molecule has 5 unspecified atom stereocenters. The highest BCUT2D eigenvalue weighted by Crippen LogP contribution is 2.52. The number of aromatic nitrogens is 1. The molecule has 3 N–H and O–H groups in total. The summed E-state index contributed by atoms with van der Waals surface area (Å²) >= 11 is 2.81. The number of fused-ring (bicyclic) bond motifs is 1. The summed E-state index contributed by atoms with van der Waals surface area (Å²) < 4.78 is 0.763. The van der Waals surface area contributed by atoms with Crippen molar-refractivity contribution in [3.05, 3.63) is 27.8 Å². The first-order valence-corrected chi connectivity index (χ1v) is 11.0. The number of hydrogen-bond acceptors (Lipinski definition) is 7. The first kappa shape index (κ1) is 19.6. The molecule has 0 aromatic carbocycles. The molecule has 3 aliphatic rings. The van der Waals surface area contributed by atoms with Crippen molar-refractivity contribution in [2.24, 2.45) is 11.8 Å². The SMILES string of the molecule is CC1CC=C(c2csc(SC3=C(C(=O)O)N4C(=O)C(C(C)O)C4C3C)n2)CN1. The van der Waals surface area contributed by atoms with Crippen LogP contribution in [0.1, 0.15) is 32.9 Å². The van der Waals surface area contributed by atoms with E-state index in [4.69, 9.17) is 0 Å². The Morgan fingerprint density at radius 2 is 2.21 bits per heavy atom. The first-order valence-electron chi connectivity index (χ1n) is 9.34. The average molecular weight is 422 g/mol. The molecule has 7 nitrogen and oxygen atoms in total. The van der Waals surface area contributed by atoms with E-state index in [0.717, 1.165) is 28.6 Å². The zero-order valence-corrected chi connectivity index (χ0v) is 17.5. The predicted molar refractivity (Wildman–Crippen MR) is 108 cm³/mol. The lowest BCUT2D eigenvalue weighted by Gasteiger charge is -2.46. The molecule has 1 aromatic rings. The number of carboxylic acid groups (broad SMARTS) is 1. The van der Waals surface area contributed by atoms with Gasteiger partial charge in [-0.1, -0.05) is 24.8 Å². The van der Waals surface area contributed by atoms with E-state index in [1.54, 1.807) is 6.92 Å².